The lowest BCUT2D eigenvalue weighted by molar-refractivity contribution is 0.481. The number of hydrogen-bond acceptors (Lipinski definition) is 2. The van der Waals surface area contributed by atoms with Crippen LogP contribution in [0.3, 0.4) is 0 Å². The van der Waals surface area contributed by atoms with E-state index in [0.29, 0.717) is 5.75 Å². The van der Waals surface area contributed by atoms with E-state index in [1.807, 2.05) is 12.1 Å². The van der Waals surface area contributed by atoms with Gasteiger partial charge in [0.25, 0.3) is 0 Å². The van der Waals surface area contributed by atoms with E-state index in [-0.39, 0.29) is 5.82 Å². The van der Waals surface area contributed by atoms with Crippen LogP contribution in [0.25, 0.3) is 10.9 Å². The predicted molar refractivity (Wildman–Crippen MR) is 85.1 cm³/mol. The fourth-order valence-corrected chi connectivity index (χ4v) is 3.04. The largest absolute Gasteiger partial charge is 0.457 e. The van der Waals surface area contributed by atoms with Gasteiger partial charge in [0.15, 0.2) is 0 Å². The molecule has 112 valence electrons. The van der Waals surface area contributed by atoms with Gasteiger partial charge in [-0.25, -0.2) is 4.39 Å². The maximum absolute atomic E-state index is 12.9. The molecule has 3 aromatic rings. The molecule has 0 spiro atoms. The van der Waals surface area contributed by atoms with Crippen molar-refractivity contribution in [3.8, 4) is 11.5 Å². The van der Waals surface area contributed by atoms with Crippen LogP contribution in [-0.4, -0.2) is 18.1 Å². The van der Waals surface area contributed by atoms with E-state index in [4.69, 9.17) is 4.74 Å². The van der Waals surface area contributed by atoms with Crippen LogP contribution in [0.15, 0.2) is 42.5 Å². The van der Waals surface area contributed by atoms with Crippen LogP contribution < -0.4 is 10.1 Å². The Morgan fingerprint density at radius 1 is 0.909 bits per heavy atom. The van der Waals surface area contributed by atoms with Gasteiger partial charge in [-0.1, -0.05) is 0 Å². The van der Waals surface area contributed by atoms with Crippen molar-refractivity contribution in [3.63, 3.8) is 0 Å². The average Bonchev–Trinajstić information content (AvgIpc) is 2.70. The van der Waals surface area contributed by atoms with Crippen molar-refractivity contribution in [2.45, 2.75) is 12.8 Å². The first kappa shape index (κ1) is 13.3. The molecule has 0 unspecified atom stereocenters. The maximum Gasteiger partial charge on any atom is 0.129 e. The Balaban J connectivity index is 1.67. The van der Waals surface area contributed by atoms with E-state index in [0.717, 1.165) is 37.2 Å². The summed E-state index contributed by atoms with van der Waals surface area (Å²) in [6.07, 6.45) is 2.08. The summed E-state index contributed by atoms with van der Waals surface area (Å²) in [6, 6.07) is 12.2. The third-order valence-electron chi connectivity index (χ3n) is 4.12. The van der Waals surface area contributed by atoms with E-state index < -0.39 is 0 Å². The van der Waals surface area contributed by atoms with Crippen LogP contribution >= 0.6 is 0 Å². The molecule has 0 bridgehead atoms. The van der Waals surface area contributed by atoms with E-state index in [1.54, 1.807) is 12.1 Å². The molecule has 1 aliphatic heterocycles. The summed E-state index contributed by atoms with van der Waals surface area (Å²) in [6.45, 7) is 2.03. The van der Waals surface area contributed by atoms with Gasteiger partial charge in [0.1, 0.15) is 17.3 Å². The first-order valence-electron chi connectivity index (χ1n) is 7.57. The molecule has 2 heterocycles. The Labute approximate surface area is 128 Å². The Morgan fingerprint density at radius 2 is 1.68 bits per heavy atom. The quantitative estimate of drug-likeness (QED) is 0.755. The van der Waals surface area contributed by atoms with Crippen LogP contribution in [0.2, 0.25) is 0 Å². The minimum Gasteiger partial charge on any atom is -0.457 e. The molecule has 4 heteroatoms. The van der Waals surface area contributed by atoms with Gasteiger partial charge in [0.05, 0.1) is 0 Å². The van der Waals surface area contributed by atoms with Crippen LogP contribution in [0.1, 0.15) is 11.3 Å². The Bertz CT molecular complexity index is 808. The van der Waals surface area contributed by atoms with Gasteiger partial charge in [-0.05, 0) is 54.9 Å². The lowest BCUT2D eigenvalue weighted by atomic mass is 10.1. The van der Waals surface area contributed by atoms with Crippen molar-refractivity contribution >= 4 is 10.9 Å². The van der Waals surface area contributed by atoms with Gasteiger partial charge < -0.3 is 15.0 Å². The van der Waals surface area contributed by atoms with E-state index >= 15 is 0 Å². The fraction of sp³-hybridized carbons (Fsp3) is 0.222. The monoisotopic (exact) mass is 296 g/mol. The zero-order valence-corrected chi connectivity index (χ0v) is 12.2. The molecule has 1 aromatic heterocycles. The van der Waals surface area contributed by atoms with Gasteiger partial charge in [0, 0.05) is 35.6 Å². The molecule has 1 aliphatic rings. The maximum atomic E-state index is 12.9. The van der Waals surface area contributed by atoms with Gasteiger partial charge in [0.2, 0.25) is 0 Å². The van der Waals surface area contributed by atoms with E-state index in [9.17, 15) is 4.39 Å². The summed E-state index contributed by atoms with van der Waals surface area (Å²) in [7, 11) is 0. The molecule has 4 rings (SSSR count). The SMILES string of the molecule is Fc1ccc(Oc2ccc3c4c([nH]c3c2)CCNCC4)cc1. The van der Waals surface area contributed by atoms with Crippen LogP contribution in [0, 0.1) is 5.82 Å². The number of hydrogen-bond donors (Lipinski definition) is 2. The second kappa shape index (κ2) is 5.46. The summed E-state index contributed by atoms with van der Waals surface area (Å²) in [5.41, 5.74) is 3.83. The number of aromatic amines is 1. The minimum atomic E-state index is -0.260. The highest BCUT2D eigenvalue weighted by atomic mass is 19.1. The first-order chi connectivity index (χ1) is 10.8. The van der Waals surface area contributed by atoms with Gasteiger partial charge in [-0.3, -0.25) is 0 Å². The number of aromatic nitrogens is 1. The zero-order valence-electron chi connectivity index (χ0n) is 12.2. The number of halogens is 1. The molecule has 0 atom stereocenters. The number of fused-ring (bicyclic) bond motifs is 3. The van der Waals surface area contributed by atoms with Crippen LogP contribution in [-0.2, 0) is 12.8 Å². The highest BCUT2D eigenvalue weighted by Crippen LogP contribution is 2.30. The average molecular weight is 296 g/mol. The summed E-state index contributed by atoms with van der Waals surface area (Å²) in [5.74, 6) is 1.14. The fourth-order valence-electron chi connectivity index (χ4n) is 3.04. The molecule has 0 saturated carbocycles. The van der Waals surface area contributed by atoms with Gasteiger partial charge in [-0.15, -0.1) is 0 Å². The molecule has 2 N–H and O–H groups in total. The number of nitrogens with one attached hydrogen (secondary N) is 2. The molecule has 0 amide bonds. The van der Waals surface area contributed by atoms with Crippen molar-refractivity contribution < 1.29 is 9.13 Å². The lowest BCUT2D eigenvalue weighted by Crippen LogP contribution is -2.16. The van der Waals surface area contributed by atoms with Crippen molar-refractivity contribution in [1.82, 2.24) is 10.3 Å². The molecule has 0 radical (unpaired) electrons. The highest BCUT2D eigenvalue weighted by molar-refractivity contribution is 5.86. The second-order valence-electron chi connectivity index (χ2n) is 5.60. The molecular formula is C18H17FN2O. The molecule has 2 aromatic carbocycles. The normalized spacial score (nSPS) is 14.6. The van der Waals surface area contributed by atoms with E-state index in [1.165, 1.54) is 28.8 Å². The number of benzene rings is 2. The third kappa shape index (κ3) is 2.46. The summed E-state index contributed by atoms with van der Waals surface area (Å²) < 4.78 is 18.7. The number of rotatable bonds is 2. The molecule has 3 nitrogen and oxygen atoms in total. The summed E-state index contributed by atoms with van der Waals surface area (Å²) >= 11 is 0. The standard InChI is InChI=1S/C18H17FN2O/c19-12-1-3-13(4-2-12)22-14-5-6-15-16-7-9-20-10-8-17(16)21-18(15)11-14/h1-6,11,20-21H,7-10H2. The smallest absolute Gasteiger partial charge is 0.129 e. The summed E-state index contributed by atoms with van der Waals surface area (Å²) in [5, 5.41) is 4.69. The van der Waals surface area contributed by atoms with Crippen LogP contribution in [0.4, 0.5) is 4.39 Å². The van der Waals surface area contributed by atoms with Crippen molar-refractivity contribution in [2.24, 2.45) is 0 Å². The predicted octanol–water partition coefficient (Wildman–Crippen LogP) is 3.79. The van der Waals surface area contributed by atoms with E-state index in [2.05, 4.69) is 16.4 Å². The molecule has 0 saturated heterocycles. The molecule has 0 aliphatic carbocycles. The minimum absolute atomic E-state index is 0.260. The van der Waals surface area contributed by atoms with Gasteiger partial charge in [-0.2, -0.15) is 0 Å². The van der Waals surface area contributed by atoms with Gasteiger partial charge >= 0.3 is 0 Å². The Hall–Kier alpha value is -2.33. The van der Waals surface area contributed by atoms with Crippen molar-refractivity contribution in [2.75, 3.05) is 13.1 Å². The third-order valence-corrected chi connectivity index (χ3v) is 4.12. The molecular weight excluding hydrogens is 279 g/mol. The van der Waals surface area contributed by atoms with Crippen molar-refractivity contribution in [3.05, 3.63) is 59.5 Å². The second-order valence-corrected chi connectivity index (χ2v) is 5.60. The molecule has 0 fully saturated rings. The Morgan fingerprint density at radius 3 is 2.55 bits per heavy atom. The highest BCUT2D eigenvalue weighted by Gasteiger charge is 2.14. The first-order valence-corrected chi connectivity index (χ1v) is 7.57. The molecule has 22 heavy (non-hydrogen) atoms. The summed E-state index contributed by atoms with van der Waals surface area (Å²) in [4.78, 5) is 3.51. The zero-order chi connectivity index (χ0) is 14.9. The van der Waals surface area contributed by atoms with Crippen molar-refractivity contribution in [1.29, 1.82) is 0 Å². The topological polar surface area (TPSA) is 37.0 Å². The lowest BCUT2D eigenvalue weighted by Gasteiger charge is -2.06. The Kier molecular flexibility index (Phi) is 3.31. The number of ether oxygens (including phenoxy) is 1. The van der Waals surface area contributed by atoms with Crippen LogP contribution in [0.5, 0.6) is 11.5 Å². The number of H-pyrrole nitrogens is 1.